The fourth-order valence-electron chi connectivity index (χ4n) is 3.34. The Labute approximate surface area is 146 Å². The summed E-state index contributed by atoms with van der Waals surface area (Å²) in [6, 6.07) is 2.09. The normalized spacial score (nSPS) is 16.2. The summed E-state index contributed by atoms with van der Waals surface area (Å²) in [6.07, 6.45) is 3.27. The van der Waals surface area contributed by atoms with Crippen LogP contribution < -0.4 is 4.90 Å². The van der Waals surface area contributed by atoms with Crippen molar-refractivity contribution in [2.24, 2.45) is 0 Å². The minimum absolute atomic E-state index is 0.102. The maximum Gasteiger partial charge on any atom is 0.355 e. The Morgan fingerprint density at radius 1 is 1.28 bits per heavy atom. The van der Waals surface area contributed by atoms with Crippen molar-refractivity contribution in [2.45, 2.75) is 32.7 Å². The van der Waals surface area contributed by atoms with Crippen LogP contribution in [0.2, 0.25) is 0 Å². The van der Waals surface area contributed by atoms with Crippen LogP contribution in [0.25, 0.3) is 5.82 Å². The molecular weight excluding hydrogens is 322 g/mol. The predicted molar refractivity (Wildman–Crippen MR) is 94.2 cm³/mol. The molecular formula is C16H23N7O2. The summed E-state index contributed by atoms with van der Waals surface area (Å²) < 4.78 is 1.52. The molecule has 1 saturated heterocycles. The van der Waals surface area contributed by atoms with Gasteiger partial charge in [0.2, 0.25) is 11.6 Å². The second kappa shape index (κ2) is 6.75. The van der Waals surface area contributed by atoms with E-state index in [2.05, 4.69) is 27.0 Å². The van der Waals surface area contributed by atoms with Gasteiger partial charge in [-0.2, -0.15) is 5.10 Å². The van der Waals surface area contributed by atoms with E-state index in [1.165, 1.54) is 11.0 Å². The molecule has 1 fully saturated rings. The van der Waals surface area contributed by atoms with E-state index in [1.807, 2.05) is 31.9 Å². The molecule has 3 heterocycles. The summed E-state index contributed by atoms with van der Waals surface area (Å²) in [5.74, 6) is 0.553. The monoisotopic (exact) mass is 345 g/mol. The van der Waals surface area contributed by atoms with Crippen LogP contribution in [0.1, 0.15) is 24.2 Å². The number of hydrogen-bond acceptors (Lipinski definition) is 7. The molecule has 1 aliphatic rings. The van der Waals surface area contributed by atoms with Gasteiger partial charge in [-0.25, -0.2) is 14.6 Å². The zero-order chi connectivity index (χ0) is 18.1. The average Bonchev–Trinajstić information content (AvgIpc) is 2.92. The first-order chi connectivity index (χ1) is 11.9. The molecule has 9 nitrogen and oxygen atoms in total. The van der Waals surface area contributed by atoms with E-state index >= 15 is 0 Å². The first-order valence-corrected chi connectivity index (χ1v) is 8.33. The summed E-state index contributed by atoms with van der Waals surface area (Å²) in [4.78, 5) is 24.0. The number of aryl methyl sites for hydroxylation is 2. The summed E-state index contributed by atoms with van der Waals surface area (Å²) in [7, 11) is 3.96. The lowest BCUT2D eigenvalue weighted by Gasteiger charge is -2.35. The van der Waals surface area contributed by atoms with Gasteiger partial charge in [-0.1, -0.05) is 0 Å². The van der Waals surface area contributed by atoms with Gasteiger partial charge in [0.15, 0.2) is 0 Å². The maximum absolute atomic E-state index is 11.8. The predicted octanol–water partition coefficient (Wildman–Crippen LogP) is 1.72. The summed E-state index contributed by atoms with van der Waals surface area (Å²) in [5.41, 5.74) is 1.48. The van der Waals surface area contributed by atoms with Crippen LogP contribution in [0.4, 0.5) is 11.5 Å². The third kappa shape index (κ3) is 3.32. The van der Waals surface area contributed by atoms with Crippen molar-refractivity contribution < 1.29 is 4.92 Å². The lowest BCUT2D eigenvalue weighted by atomic mass is 10.0. The lowest BCUT2D eigenvalue weighted by Crippen LogP contribution is -2.42. The maximum atomic E-state index is 11.8. The third-order valence-corrected chi connectivity index (χ3v) is 4.75. The minimum Gasteiger partial charge on any atom is -0.351 e. The highest BCUT2D eigenvalue weighted by Gasteiger charge is 2.31. The van der Waals surface area contributed by atoms with Crippen molar-refractivity contribution in [3.63, 3.8) is 0 Å². The van der Waals surface area contributed by atoms with Crippen molar-refractivity contribution in [1.82, 2.24) is 24.6 Å². The molecule has 0 radical (unpaired) electrons. The number of anilines is 1. The summed E-state index contributed by atoms with van der Waals surface area (Å²) >= 11 is 0. The molecule has 0 aromatic carbocycles. The molecule has 0 saturated carbocycles. The van der Waals surface area contributed by atoms with Crippen molar-refractivity contribution in [3.8, 4) is 5.82 Å². The molecule has 134 valence electrons. The molecule has 9 heteroatoms. The van der Waals surface area contributed by atoms with E-state index < -0.39 is 4.92 Å². The van der Waals surface area contributed by atoms with Crippen molar-refractivity contribution in [1.29, 1.82) is 0 Å². The molecule has 2 aromatic heterocycles. The van der Waals surface area contributed by atoms with Gasteiger partial charge in [0.25, 0.3) is 0 Å². The van der Waals surface area contributed by atoms with Crippen molar-refractivity contribution >= 4 is 11.5 Å². The van der Waals surface area contributed by atoms with Crippen LogP contribution in [0.15, 0.2) is 12.4 Å². The second-order valence-electron chi connectivity index (χ2n) is 6.61. The first kappa shape index (κ1) is 17.3. The summed E-state index contributed by atoms with van der Waals surface area (Å²) in [6.45, 7) is 5.64. The number of likely N-dealkylation sites (tertiary alicyclic amines) is 1. The smallest absolute Gasteiger partial charge is 0.351 e. The highest BCUT2D eigenvalue weighted by atomic mass is 16.6. The molecule has 0 amide bonds. The van der Waals surface area contributed by atoms with E-state index in [-0.39, 0.29) is 17.5 Å². The van der Waals surface area contributed by atoms with Gasteiger partial charge in [-0.05, 0) is 52.9 Å². The topological polar surface area (TPSA) is 93.2 Å². The quantitative estimate of drug-likeness (QED) is 0.615. The lowest BCUT2D eigenvalue weighted by molar-refractivity contribution is -0.384. The zero-order valence-electron chi connectivity index (χ0n) is 15.0. The molecule has 3 rings (SSSR count). The largest absolute Gasteiger partial charge is 0.355 e. The first-order valence-electron chi connectivity index (χ1n) is 8.33. The van der Waals surface area contributed by atoms with Crippen LogP contribution in [0.5, 0.6) is 0 Å². The molecule has 0 unspecified atom stereocenters. The molecule has 0 aliphatic carbocycles. The number of hydrogen-bond donors (Lipinski definition) is 0. The average molecular weight is 345 g/mol. The van der Waals surface area contributed by atoms with Crippen LogP contribution in [0.3, 0.4) is 0 Å². The molecule has 0 bridgehead atoms. The molecule has 2 aromatic rings. The number of aromatic nitrogens is 4. The highest BCUT2D eigenvalue weighted by Crippen LogP contribution is 2.33. The Morgan fingerprint density at radius 3 is 2.52 bits per heavy atom. The molecule has 1 aliphatic heterocycles. The number of nitrogens with zero attached hydrogens (tertiary/aromatic N) is 7. The summed E-state index contributed by atoms with van der Waals surface area (Å²) in [5, 5.41) is 16.2. The van der Waals surface area contributed by atoms with E-state index in [1.54, 1.807) is 0 Å². The van der Waals surface area contributed by atoms with Gasteiger partial charge < -0.3 is 9.80 Å². The van der Waals surface area contributed by atoms with Gasteiger partial charge >= 0.3 is 5.69 Å². The Morgan fingerprint density at radius 2 is 1.96 bits per heavy atom. The Hall–Kier alpha value is -2.55. The van der Waals surface area contributed by atoms with Gasteiger partial charge in [0, 0.05) is 18.8 Å². The Kier molecular flexibility index (Phi) is 4.67. The molecule has 0 atom stereocenters. The molecule has 0 spiro atoms. The highest BCUT2D eigenvalue weighted by molar-refractivity contribution is 5.65. The van der Waals surface area contributed by atoms with Gasteiger partial charge in [-0.15, -0.1) is 0 Å². The third-order valence-electron chi connectivity index (χ3n) is 4.75. The van der Waals surface area contributed by atoms with Gasteiger partial charge in [0.05, 0.1) is 10.6 Å². The van der Waals surface area contributed by atoms with Crippen LogP contribution in [-0.2, 0) is 0 Å². The second-order valence-corrected chi connectivity index (χ2v) is 6.61. The van der Waals surface area contributed by atoms with E-state index in [4.69, 9.17) is 0 Å². The standard InChI is InChI=1S/C16H23N7O2/c1-11-9-12(2)22(19-11)16-14(23(24)25)15(17-10-18-16)21(4)13-5-7-20(3)8-6-13/h9-10,13H,5-8H2,1-4H3. The number of nitro groups is 1. The van der Waals surface area contributed by atoms with Crippen LogP contribution >= 0.6 is 0 Å². The Balaban J connectivity index is 2.04. The van der Waals surface area contributed by atoms with Crippen molar-refractivity contribution in [2.75, 3.05) is 32.1 Å². The number of rotatable bonds is 4. The Bertz CT molecular complexity index is 781. The SMILES string of the molecule is Cc1cc(C)n(-c2ncnc(N(C)C3CCN(C)CC3)c2[N+](=O)[O-])n1. The fraction of sp³-hybridized carbons (Fsp3) is 0.562. The van der Waals surface area contributed by atoms with Gasteiger partial charge in [0.1, 0.15) is 6.33 Å². The minimum atomic E-state index is -0.410. The van der Waals surface area contributed by atoms with Gasteiger partial charge in [-0.3, -0.25) is 10.1 Å². The van der Waals surface area contributed by atoms with E-state index in [0.29, 0.717) is 5.82 Å². The fourth-order valence-corrected chi connectivity index (χ4v) is 3.34. The van der Waals surface area contributed by atoms with Crippen LogP contribution in [-0.4, -0.2) is 62.8 Å². The van der Waals surface area contributed by atoms with E-state index in [0.717, 1.165) is 37.3 Å². The van der Waals surface area contributed by atoms with Crippen LogP contribution in [0, 0.1) is 24.0 Å². The van der Waals surface area contributed by atoms with E-state index in [9.17, 15) is 10.1 Å². The molecule has 25 heavy (non-hydrogen) atoms. The number of piperidine rings is 1. The zero-order valence-corrected chi connectivity index (χ0v) is 15.0. The van der Waals surface area contributed by atoms with Crippen molar-refractivity contribution in [3.05, 3.63) is 33.9 Å². The molecule has 0 N–H and O–H groups in total.